The predicted molar refractivity (Wildman–Crippen MR) is 101 cm³/mol. The number of anilines is 1. The van der Waals surface area contributed by atoms with Gasteiger partial charge < -0.3 is 18.8 Å². The fraction of sp³-hybridized carbons (Fsp3) is 0.500. The number of ether oxygens (including phenoxy) is 2. The van der Waals surface area contributed by atoms with Gasteiger partial charge >= 0.3 is 0 Å². The zero-order chi connectivity index (χ0) is 18.2. The zero-order valence-electron chi connectivity index (χ0n) is 14.9. The second-order valence-corrected chi connectivity index (χ2v) is 7.12. The largest absolute Gasteiger partial charge is 0.432 e. The summed E-state index contributed by atoms with van der Waals surface area (Å²) in [5.41, 5.74) is 3.02. The van der Waals surface area contributed by atoms with E-state index in [9.17, 15) is 0 Å². The van der Waals surface area contributed by atoms with Gasteiger partial charge in [0.25, 0.3) is 0 Å². The van der Waals surface area contributed by atoms with Crippen molar-refractivity contribution in [2.24, 2.45) is 0 Å². The number of morpholine rings is 2. The molecule has 3 aromatic heterocycles. The van der Waals surface area contributed by atoms with E-state index in [2.05, 4.69) is 30.8 Å². The molecule has 5 heterocycles. The van der Waals surface area contributed by atoms with Crippen LogP contribution in [-0.2, 0) is 16.0 Å². The molecule has 0 unspecified atom stereocenters. The van der Waals surface area contributed by atoms with Gasteiger partial charge in [-0.25, -0.2) is 9.97 Å². The van der Waals surface area contributed by atoms with Crippen LogP contribution in [0.15, 0.2) is 16.7 Å². The number of pyridine rings is 1. The minimum absolute atomic E-state index is 0.213. The second-order valence-electron chi connectivity index (χ2n) is 6.78. The number of hydrogen-bond acceptors (Lipinski definition) is 8. The zero-order valence-corrected chi connectivity index (χ0v) is 15.6. The maximum absolute atomic E-state index is 6.23. The molecular formula is C18H20ClN5O3. The van der Waals surface area contributed by atoms with Gasteiger partial charge in [0.15, 0.2) is 11.4 Å². The lowest BCUT2D eigenvalue weighted by molar-refractivity contribution is 0.0341. The van der Waals surface area contributed by atoms with E-state index in [1.54, 1.807) is 0 Å². The van der Waals surface area contributed by atoms with Crippen molar-refractivity contribution in [2.75, 3.05) is 57.5 Å². The first kappa shape index (κ1) is 17.1. The third kappa shape index (κ3) is 3.34. The van der Waals surface area contributed by atoms with Crippen molar-refractivity contribution in [1.82, 2.24) is 19.9 Å². The topological polar surface area (TPSA) is 76.8 Å². The Kier molecular flexibility index (Phi) is 4.56. The van der Waals surface area contributed by atoms with Crippen LogP contribution in [-0.4, -0.2) is 72.5 Å². The normalized spacial score (nSPS) is 19.2. The smallest absolute Gasteiger partial charge is 0.229 e. The van der Waals surface area contributed by atoms with Crippen molar-refractivity contribution in [3.63, 3.8) is 0 Å². The van der Waals surface area contributed by atoms with E-state index in [4.69, 9.17) is 25.5 Å². The summed E-state index contributed by atoms with van der Waals surface area (Å²) in [6, 6.07) is 2.09. The molecule has 0 aliphatic carbocycles. The summed E-state index contributed by atoms with van der Waals surface area (Å²) >= 11 is 6.23. The molecule has 3 aromatic rings. The molecule has 142 valence electrons. The highest BCUT2D eigenvalue weighted by molar-refractivity contribution is 6.29. The Morgan fingerprint density at radius 1 is 1.00 bits per heavy atom. The van der Waals surface area contributed by atoms with Gasteiger partial charge in [-0.1, -0.05) is 0 Å². The lowest BCUT2D eigenvalue weighted by Crippen LogP contribution is -2.36. The van der Waals surface area contributed by atoms with E-state index in [1.807, 2.05) is 6.20 Å². The first-order chi connectivity index (χ1) is 13.3. The van der Waals surface area contributed by atoms with E-state index in [1.165, 1.54) is 0 Å². The van der Waals surface area contributed by atoms with Crippen LogP contribution in [0.1, 0.15) is 5.56 Å². The van der Waals surface area contributed by atoms with Crippen LogP contribution in [0.25, 0.3) is 22.2 Å². The minimum Gasteiger partial charge on any atom is -0.432 e. The molecule has 0 radical (unpaired) electrons. The maximum atomic E-state index is 6.23. The standard InChI is InChI=1S/C18H20ClN5O3/c19-18-21-14-13-9-12(11-23-1-5-25-6-2-23)10-20-17(13)27-15(14)16(22-18)24-3-7-26-8-4-24/h9-10H,1-8,11H2. The van der Waals surface area contributed by atoms with Crippen LogP contribution in [0.4, 0.5) is 5.82 Å². The summed E-state index contributed by atoms with van der Waals surface area (Å²) in [6.45, 7) is 7.04. The quantitative estimate of drug-likeness (QED) is 0.630. The summed E-state index contributed by atoms with van der Waals surface area (Å²) in [5.74, 6) is 0.709. The number of halogens is 1. The van der Waals surface area contributed by atoms with Crippen LogP contribution in [0.5, 0.6) is 0 Å². The Bertz CT molecular complexity index is 966. The van der Waals surface area contributed by atoms with E-state index in [-0.39, 0.29) is 5.28 Å². The van der Waals surface area contributed by atoms with Crippen molar-refractivity contribution < 1.29 is 13.9 Å². The molecule has 0 aromatic carbocycles. The lowest BCUT2D eigenvalue weighted by atomic mass is 10.2. The second kappa shape index (κ2) is 7.20. The fourth-order valence-corrected chi connectivity index (χ4v) is 3.79. The highest BCUT2D eigenvalue weighted by Gasteiger charge is 2.22. The van der Waals surface area contributed by atoms with Gasteiger partial charge in [-0.3, -0.25) is 4.90 Å². The van der Waals surface area contributed by atoms with Crippen molar-refractivity contribution in [1.29, 1.82) is 0 Å². The van der Waals surface area contributed by atoms with Gasteiger partial charge in [0, 0.05) is 38.9 Å². The summed E-state index contributed by atoms with van der Waals surface area (Å²) in [5, 5.41) is 1.08. The highest BCUT2D eigenvalue weighted by Crippen LogP contribution is 2.33. The lowest BCUT2D eigenvalue weighted by Gasteiger charge is -2.27. The minimum atomic E-state index is 0.213. The van der Waals surface area contributed by atoms with E-state index >= 15 is 0 Å². The molecule has 5 rings (SSSR count). The molecule has 0 amide bonds. The molecule has 0 bridgehead atoms. The van der Waals surface area contributed by atoms with Crippen molar-refractivity contribution in [3.8, 4) is 0 Å². The number of hydrogen-bond donors (Lipinski definition) is 0. The number of rotatable bonds is 3. The maximum Gasteiger partial charge on any atom is 0.229 e. The van der Waals surface area contributed by atoms with Crippen LogP contribution in [0, 0.1) is 0 Å². The third-order valence-corrected chi connectivity index (χ3v) is 5.17. The summed E-state index contributed by atoms with van der Waals surface area (Å²) in [7, 11) is 0. The average molecular weight is 390 g/mol. The van der Waals surface area contributed by atoms with Gasteiger partial charge in [-0.2, -0.15) is 4.98 Å². The highest BCUT2D eigenvalue weighted by atomic mass is 35.5. The Morgan fingerprint density at radius 2 is 1.74 bits per heavy atom. The van der Waals surface area contributed by atoms with E-state index in [0.29, 0.717) is 35.8 Å². The monoisotopic (exact) mass is 389 g/mol. The molecule has 0 spiro atoms. The Labute approximate surface area is 161 Å². The van der Waals surface area contributed by atoms with Gasteiger partial charge in [0.05, 0.1) is 31.8 Å². The van der Waals surface area contributed by atoms with Gasteiger partial charge in [-0.05, 0) is 23.2 Å². The average Bonchev–Trinajstić information content (AvgIpc) is 3.07. The fourth-order valence-electron chi connectivity index (χ4n) is 3.63. The number of furan rings is 1. The van der Waals surface area contributed by atoms with Crippen LogP contribution in [0.2, 0.25) is 5.28 Å². The Balaban J connectivity index is 1.56. The van der Waals surface area contributed by atoms with Crippen molar-refractivity contribution in [2.45, 2.75) is 6.54 Å². The molecule has 2 aliphatic heterocycles. The van der Waals surface area contributed by atoms with Crippen LogP contribution >= 0.6 is 11.6 Å². The van der Waals surface area contributed by atoms with Gasteiger partial charge in [-0.15, -0.1) is 0 Å². The molecule has 0 saturated carbocycles. The molecule has 0 atom stereocenters. The van der Waals surface area contributed by atoms with Crippen molar-refractivity contribution in [3.05, 3.63) is 23.1 Å². The molecule has 8 nitrogen and oxygen atoms in total. The molecule has 2 fully saturated rings. The predicted octanol–water partition coefficient (Wildman–Crippen LogP) is 2.09. The Hall–Kier alpha value is -2.00. The van der Waals surface area contributed by atoms with Crippen molar-refractivity contribution >= 4 is 39.6 Å². The summed E-state index contributed by atoms with van der Waals surface area (Å²) in [4.78, 5) is 17.9. The molecule has 0 N–H and O–H groups in total. The van der Waals surface area contributed by atoms with Crippen LogP contribution in [0.3, 0.4) is 0 Å². The molecule has 27 heavy (non-hydrogen) atoms. The van der Waals surface area contributed by atoms with E-state index < -0.39 is 0 Å². The Morgan fingerprint density at radius 3 is 2.52 bits per heavy atom. The number of aromatic nitrogens is 3. The first-order valence-electron chi connectivity index (χ1n) is 9.15. The van der Waals surface area contributed by atoms with Crippen LogP contribution < -0.4 is 4.90 Å². The molecular weight excluding hydrogens is 370 g/mol. The van der Waals surface area contributed by atoms with E-state index in [0.717, 1.165) is 56.9 Å². The SMILES string of the molecule is Clc1nc(N2CCOCC2)c2oc3ncc(CN4CCOCC4)cc3c2n1. The summed E-state index contributed by atoms with van der Waals surface area (Å²) < 4.78 is 16.9. The first-order valence-corrected chi connectivity index (χ1v) is 9.53. The third-order valence-electron chi connectivity index (χ3n) is 5.00. The molecule has 2 saturated heterocycles. The summed E-state index contributed by atoms with van der Waals surface area (Å²) in [6.07, 6.45) is 1.86. The molecule has 9 heteroatoms. The number of fused-ring (bicyclic) bond motifs is 3. The van der Waals surface area contributed by atoms with Gasteiger partial charge in [0.2, 0.25) is 11.0 Å². The molecule has 2 aliphatic rings. The van der Waals surface area contributed by atoms with Gasteiger partial charge in [0.1, 0.15) is 5.52 Å². The number of nitrogens with zero attached hydrogens (tertiary/aromatic N) is 5.